The predicted octanol–water partition coefficient (Wildman–Crippen LogP) is 5.00. The molecule has 3 aromatic rings. The molecule has 0 bridgehead atoms. The third-order valence-corrected chi connectivity index (χ3v) is 6.09. The summed E-state index contributed by atoms with van der Waals surface area (Å²) in [5.41, 5.74) is 3.56. The zero-order chi connectivity index (χ0) is 21.5. The molecular weight excluding hydrogens is 384 g/mol. The summed E-state index contributed by atoms with van der Waals surface area (Å²) in [5.74, 6) is 1.07. The molecule has 1 aliphatic rings. The Hall–Kier alpha value is -3.27. The number of benzene rings is 3. The monoisotopic (exact) mass is 414 g/mol. The first kappa shape index (κ1) is 21.0. The fourth-order valence-corrected chi connectivity index (χ4v) is 4.35. The highest BCUT2D eigenvalue weighted by Gasteiger charge is 2.23. The van der Waals surface area contributed by atoms with Gasteiger partial charge in [-0.25, -0.2) is 0 Å². The van der Waals surface area contributed by atoms with Gasteiger partial charge in [-0.1, -0.05) is 60.7 Å². The first-order valence-corrected chi connectivity index (χ1v) is 11.0. The lowest BCUT2D eigenvalue weighted by Crippen LogP contribution is -2.45. The highest BCUT2D eigenvalue weighted by atomic mass is 16.5. The molecule has 4 nitrogen and oxygen atoms in total. The first-order chi connectivity index (χ1) is 15.2. The lowest BCUT2D eigenvalue weighted by molar-refractivity contribution is -0.122. The van der Waals surface area contributed by atoms with E-state index in [0.717, 1.165) is 31.7 Å². The van der Waals surface area contributed by atoms with Crippen LogP contribution in [0, 0.1) is 0 Å². The second-order valence-electron chi connectivity index (χ2n) is 8.10. The molecule has 0 aromatic heterocycles. The average Bonchev–Trinajstić information content (AvgIpc) is 2.84. The van der Waals surface area contributed by atoms with E-state index in [2.05, 4.69) is 46.6 Å². The van der Waals surface area contributed by atoms with Crippen LogP contribution in [0.3, 0.4) is 0 Å². The van der Waals surface area contributed by atoms with E-state index in [-0.39, 0.29) is 17.9 Å². The van der Waals surface area contributed by atoms with Gasteiger partial charge in [-0.05, 0) is 48.2 Å². The van der Waals surface area contributed by atoms with Crippen molar-refractivity contribution in [2.24, 2.45) is 0 Å². The molecule has 1 amide bonds. The SMILES string of the molecule is COc1ccc(N2CCC(NC(=O)CC(c3ccccc3)c3ccccc3)CC2)cc1. The number of methoxy groups -OCH3 is 1. The van der Waals surface area contributed by atoms with Crippen molar-refractivity contribution in [3.8, 4) is 5.75 Å². The molecule has 1 saturated heterocycles. The van der Waals surface area contributed by atoms with Gasteiger partial charge in [0.2, 0.25) is 5.91 Å². The van der Waals surface area contributed by atoms with Crippen LogP contribution in [0.5, 0.6) is 5.75 Å². The third kappa shape index (κ3) is 5.46. The van der Waals surface area contributed by atoms with Gasteiger partial charge in [0.15, 0.2) is 0 Å². The minimum absolute atomic E-state index is 0.0711. The van der Waals surface area contributed by atoms with Gasteiger partial charge >= 0.3 is 0 Å². The fraction of sp³-hybridized carbons (Fsp3) is 0.296. The zero-order valence-electron chi connectivity index (χ0n) is 18.0. The molecule has 160 valence electrons. The number of anilines is 1. The normalized spacial score (nSPS) is 14.5. The number of carbonyl (C=O) groups is 1. The Labute approximate surface area is 184 Å². The van der Waals surface area contributed by atoms with E-state index in [1.807, 2.05) is 48.5 Å². The summed E-state index contributed by atoms with van der Waals surface area (Å²) in [4.78, 5) is 15.3. The van der Waals surface area contributed by atoms with Gasteiger partial charge in [-0.2, -0.15) is 0 Å². The highest BCUT2D eigenvalue weighted by Crippen LogP contribution is 2.28. The van der Waals surface area contributed by atoms with Crippen molar-refractivity contribution >= 4 is 11.6 Å². The largest absolute Gasteiger partial charge is 0.497 e. The Morgan fingerprint density at radius 2 is 1.45 bits per heavy atom. The Balaban J connectivity index is 1.34. The molecule has 1 heterocycles. The summed E-state index contributed by atoms with van der Waals surface area (Å²) in [5, 5.41) is 3.29. The van der Waals surface area contributed by atoms with Crippen LogP contribution in [0.15, 0.2) is 84.9 Å². The van der Waals surface area contributed by atoms with Crippen molar-refractivity contribution in [1.29, 1.82) is 0 Å². The van der Waals surface area contributed by atoms with Crippen LogP contribution >= 0.6 is 0 Å². The van der Waals surface area contributed by atoms with Crippen molar-refractivity contribution in [3.05, 3.63) is 96.1 Å². The van der Waals surface area contributed by atoms with E-state index in [4.69, 9.17) is 4.74 Å². The van der Waals surface area contributed by atoms with Crippen LogP contribution in [0.4, 0.5) is 5.69 Å². The van der Waals surface area contributed by atoms with Gasteiger partial charge in [0.25, 0.3) is 0 Å². The molecule has 4 heteroatoms. The summed E-state index contributed by atoms with van der Waals surface area (Å²) in [6.45, 7) is 1.89. The molecule has 1 fully saturated rings. The van der Waals surface area contributed by atoms with E-state index in [1.165, 1.54) is 16.8 Å². The number of ether oxygens (including phenoxy) is 1. The number of nitrogens with zero attached hydrogens (tertiary/aromatic N) is 1. The molecule has 1 N–H and O–H groups in total. The smallest absolute Gasteiger partial charge is 0.221 e. The second-order valence-corrected chi connectivity index (χ2v) is 8.10. The zero-order valence-corrected chi connectivity index (χ0v) is 18.0. The molecule has 0 spiro atoms. The van der Waals surface area contributed by atoms with Crippen molar-refractivity contribution < 1.29 is 9.53 Å². The first-order valence-electron chi connectivity index (χ1n) is 11.0. The number of amides is 1. The molecule has 0 radical (unpaired) electrons. The minimum Gasteiger partial charge on any atom is -0.497 e. The Morgan fingerprint density at radius 1 is 0.903 bits per heavy atom. The molecule has 31 heavy (non-hydrogen) atoms. The molecule has 1 aliphatic heterocycles. The topological polar surface area (TPSA) is 41.6 Å². The number of nitrogens with one attached hydrogen (secondary N) is 1. The maximum Gasteiger partial charge on any atom is 0.221 e. The second kappa shape index (κ2) is 10.2. The summed E-state index contributed by atoms with van der Waals surface area (Å²) >= 11 is 0. The maximum atomic E-state index is 13.0. The third-order valence-electron chi connectivity index (χ3n) is 6.09. The van der Waals surface area contributed by atoms with E-state index >= 15 is 0 Å². The number of hydrogen-bond acceptors (Lipinski definition) is 3. The van der Waals surface area contributed by atoms with Crippen LogP contribution in [0.25, 0.3) is 0 Å². The number of carbonyl (C=O) groups excluding carboxylic acids is 1. The summed E-state index contributed by atoms with van der Waals surface area (Å²) in [6.07, 6.45) is 2.38. The fourth-order valence-electron chi connectivity index (χ4n) is 4.35. The lowest BCUT2D eigenvalue weighted by atomic mass is 9.88. The van der Waals surface area contributed by atoms with Crippen LogP contribution in [0.2, 0.25) is 0 Å². The van der Waals surface area contributed by atoms with Crippen LogP contribution in [0.1, 0.15) is 36.3 Å². The maximum absolute atomic E-state index is 13.0. The average molecular weight is 415 g/mol. The molecular formula is C27H30N2O2. The van der Waals surface area contributed by atoms with Crippen molar-refractivity contribution in [2.45, 2.75) is 31.2 Å². The van der Waals surface area contributed by atoms with Crippen molar-refractivity contribution in [1.82, 2.24) is 5.32 Å². The van der Waals surface area contributed by atoms with Crippen molar-refractivity contribution in [2.75, 3.05) is 25.1 Å². The number of hydrogen-bond donors (Lipinski definition) is 1. The molecule has 4 rings (SSSR count). The van der Waals surface area contributed by atoms with E-state index in [9.17, 15) is 4.79 Å². The summed E-state index contributed by atoms with van der Waals surface area (Å²) in [7, 11) is 1.68. The number of rotatable bonds is 7. The standard InChI is InChI=1S/C27H30N2O2/c1-31-25-14-12-24(13-15-25)29-18-16-23(17-19-29)28-27(30)20-26(21-8-4-2-5-9-21)22-10-6-3-7-11-22/h2-15,23,26H,16-20H2,1H3,(H,28,30). The summed E-state index contributed by atoms with van der Waals surface area (Å²) < 4.78 is 5.25. The van der Waals surface area contributed by atoms with Crippen molar-refractivity contribution in [3.63, 3.8) is 0 Å². The van der Waals surface area contributed by atoms with Gasteiger partial charge in [0, 0.05) is 37.2 Å². The molecule has 0 saturated carbocycles. The van der Waals surface area contributed by atoms with Crippen LogP contribution < -0.4 is 15.0 Å². The van der Waals surface area contributed by atoms with E-state index < -0.39 is 0 Å². The molecule has 0 atom stereocenters. The molecule has 0 unspecified atom stereocenters. The van der Waals surface area contributed by atoms with Crippen LogP contribution in [-0.2, 0) is 4.79 Å². The lowest BCUT2D eigenvalue weighted by Gasteiger charge is -2.34. The number of piperidine rings is 1. The quantitative estimate of drug-likeness (QED) is 0.591. The van der Waals surface area contributed by atoms with Gasteiger partial charge in [-0.3, -0.25) is 4.79 Å². The van der Waals surface area contributed by atoms with Gasteiger partial charge < -0.3 is 15.0 Å². The van der Waals surface area contributed by atoms with Gasteiger partial charge in [0.1, 0.15) is 5.75 Å². The molecule has 0 aliphatic carbocycles. The Bertz CT molecular complexity index is 910. The van der Waals surface area contributed by atoms with Gasteiger partial charge in [0.05, 0.1) is 7.11 Å². The van der Waals surface area contributed by atoms with Crippen LogP contribution in [-0.4, -0.2) is 32.1 Å². The van der Waals surface area contributed by atoms with E-state index in [0.29, 0.717) is 6.42 Å². The minimum atomic E-state index is 0.0711. The van der Waals surface area contributed by atoms with E-state index in [1.54, 1.807) is 7.11 Å². The Kier molecular flexibility index (Phi) is 6.88. The Morgan fingerprint density at radius 3 is 1.97 bits per heavy atom. The van der Waals surface area contributed by atoms with Gasteiger partial charge in [-0.15, -0.1) is 0 Å². The highest BCUT2D eigenvalue weighted by molar-refractivity contribution is 5.78. The predicted molar refractivity (Wildman–Crippen MR) is 126 cm³/mol. The summed E-state index contributed by atoms with van der Waals surface area (Å²) in [6, 6.07) is 29.1. The molecule has 3 aromatic carbocycles.